The Kier molecular flexibility index (Phi) is 4.51. The summed E-state index contributed by atoms with van der Waals surface area (Å²) < 4.78 is 1.62. The van der Waals surface area contributed by atoms with Crippen LogP contribution in [0, 0.1) is 12.8 Å². The zero-order chi connectivity index (χ0) is 15.7. The van der Waals surface area contributed by atoms with Crippen LogP contribution in [-0.4, -0.2) is 64.3 Å². The van der Waals surface area contributed by atoms with Crippen LogP contribution in [0.2, 0.25) is 0 Å². The highest BCUT2D eigenvalue weighted by Gasteiger charge is 2.28. The highest BCUT2D eigenvalue weighted by atomic mass is 32.2. The molecule has 1 unspecified atom stereocenters. The van der Waals surface area contributed by atoms with Crippen LogP contribution < -0.4 is 11.0 Å². The van der Waals surface area contributed by atoms with Crippen molar-refractivity contribution in [3.63, 3.8) is 0 Å². The maximum atomic E-state index is 12.4. The molecule has 7 nitrogen and oxygen atoms in total. The molecule has 0 aromatic carbocycles. The number of aromatic nitrogens is 2. The Bertz CT molecular complexity index is 624. The van der Waals surface area contributed by atoms with E-state index >= 15 is 0 Å². The van der Waals surface area contributed by atoms with Crippen molar-refractivity contribution in [2.24, 2.45) is 5.92 Å². The molecule has 0 bridgehead atoms. The molecule has 22 heavy (non-hydrogen) atoms. The highest BCUT2D eigenvalue weighted by Crippen LogP contribution is 2.24. The van der Waals surface area contributed by atoms with Crippen molar-refractivity contribution in [3.8, 4) is 0 Å². The predicted molar refractivity (Wildman–Crippen MR) is 84.7 cm³/mol. The molecule has 1 saturated heterocycles. The lowest BCUT2D eigenvalue weighted by atomic mass is 10.1. The SMILES string of the molecule is Cc1cnc2n(c1=O)CC(C(=O)NN1CCN(C)CC1)CS2. The first-order chi connectivity index (χ1) is 10.5. The fourth-order valence-electron chi connectivity index (χ4n) is 2.63. The minimum Gasteiger partial charge on any atom is -0.304 e. The number of piperazine rings is 1. The number of carbonyl (C=O) groups is 1. The van der Waals surface area contributed by atoms with E-state index in [0.29, 0.717) is 23.0 Å². The van der Waals surface area contributed by atoms with Gasteiger partial charge in [-0.15, -0.1) is 0 Å². The second kappa shape index (κ2) is 6.39. The summed E-state index contributed by atoms with van der Waals surface area (Å²) >= 11 is 1.47. The maximum absolute atomic E-state index is 12.4. The number of aryl methyl sites for hydroxylation is 1. The molecule has 1 atom stereocenters. The average Bonchev–Trinajstić information content (AvgIpc) is 2.53. The van der Waals surface area contributed by atoms with E-state index in [0.717, 1.165) is 26.2 Å². The minimum absolute atomic E-state index is 0.00360. The number of hydrogen-bond acceptors (Lipinski definition) is 6. The maximum Gasteiger partial charge on any atom is 0.257 e. The molecule has 2 aliphatic heterocycles. The highest BCUT2D eigenvalue weighted by molar-refractivity contribution is 7.99. The van der Waals surface area contributed by atoms with E-state index in [1.54, 1.807) is 17.7 Å². The van der Waals surface area contributed by atoms with Crippen molar-refractivity contribution in [2.75, 3.05) is 39.0 Å². The van der Waals surface area contributed by atoms with Crippen molar-refractivity contribution in [3.05, 3.63) is 22.1 Å². The number of nitrogens with one attached hydrogen (secondary N) is 1. The Morgan fingerprint density at radius 1 is 1.36 bits per heavy atom. The van der Waals surface area contributed by atoms with E-state index in [1.807, 2.05) is 5.01 Å². The molecule has 0 saturated carbocycles. The van der Waals surface area contributed by atoms with Gasteiger partial charge in [0.05, 0.1) is 5.92 Å². The van der Waals surface area contributed by atoms with Crippen LogP contribution in [0.4, 0.5) is 0 Å². The Balaban J connectivity index is 1.65. The fourth-order valence-corrected chi connectivity index (χ4v) is 3.67. The molecule has 3 heterocycles. The van der Waals surface area contributed by atoms with Crippen molar-refractivity contribution < 1.29 is 4.79 Å². The minimum atomic E-state index is -0.196. The molecule has 1 N–H and O–H groups in total. The van der Waals surface area contributed by atoms with Gasteiger partial charge in [-0.2, -0.15) is 0 Å². The first-order valence-corrected chi connectivity index (χ1v) is 8.46. The molecule has 1 aromatic heterocycles. The van der Waals surface area contributed by atoms with Gasteiger partial charge in [0, 0.05) is 50.2 Å². The molecule has 0 radical (unpaired) electrons. The molecular formula is C14H21N5O2S. The summed E-state index contributed by atoms with van der Waals surface area (Å²) in [6.07, 6.45) is 1.60. The Morgan fingerprint density at radius 2 is 2.09 bits per heavy atom. The predicted octanol–water partition coefficient (Wildman–Crippen LogP) is -0.448. The monoisotopic (exact) mass is 323 g/mol. The average molecular weight is 323 g/mol. The number of hydrazine groups is 1. The van der Waals surface area contributed by atoms with Gasteiger partial charge in [0.25, 0.3) is 5.56 Å². The topological polar surface area (TPSA) is 70.5 Å². The van der Waals surface area contributed by atoms with Crippen LogP contribution in [-0.2, 0) is 11.3 Å². The van der Waals surface area contributed by atoms with E-state index in [4.69, 9.17) is 0 Å². The molecule has 3 rings (SSSR count). The standard InChI is InChI=1S/C14H21N5O2S/c1-10-7-15-14-19(13(10)21)8-11(9-22-14)12(20)16-18-5-3-17(2)4-6-18/h7,11H,3-6,8-9H2,1-2H3,(H,16,20). The number of fused-ring (bicyclic) bond motifs is 1. The van der Waals surface area contributed by atoms with E-state index < -0.39 is 0 Å². The van der Waals surface area contributed by atoms with Gasteiger partial charge in [0.15, 0.2) is 5.16 Å². The molecule has 1 aromatic rings. The quantitative estimate of drug-likeness (QED) is 0.744. The second-order valence-electron chi connectivity index (χ2n) is 5.91. The largest absolute Gasteiger partial charge is 0.304 e. The van der Waals surface area contributed by atoms with Crippen molar-refractivity contribution in [1.82, 2.24) is 24.9 Å². The molecular weight excluding hydrogens is 302 g/mol. The van der Waals surface area contributed by atoms with E-state index in [9.17, 15) is 9.59 Å². The van der Waals surface area contributed by atoms with Crippen LogP contribution in [0.1, 0.15) is 5.56 Å². The van der Waals surface area contributed by atoms with Gasteiger partial charge in [-0.3, -0.25) is 19.6 Å². The number of thioether (sulfide) groups is 1. The number of nitrogens with zero attached hydrogens (tertiary/aromatic N) is 4. The number of amides is 1. The number of carbonyl (C=O) groups excluding carboxylic acids is 1. The van der Waals surface area contributed by atoms with Gasteiger partial charge in [-0.05, 0) is 14.0 Å². The zero-order valence-corrected chi connectivity index (χ0v) is 13.7. The first kappa shape index (κ1) is 15.5. The molecule has 120 valence electrons. The Hall–Kier alpha value is -1.38. The fraction of sp³-hybridized carbons (Fsp3) is 0.643. The zero-order valence-electron chi connectivity index (χ0n) is 12.9. The van der Waals surface area contributed by atoms with Gasteiger partial charge < -0.3 is 4.90 Å². The Labute approximate surface area is 133 Å². The van der Waals surface area contributed by atoms with Crippen LogP contribution in [0.5, 0.6) is 0 Å². The summed E-state index contributed by atoms with van der Waals surface area (Å²) in [5, 5.41) is 2.68. The number of rotatable bonds is 2. The molecule has 1 amide bonds. The van der Waals surface area contributed by atoms with Crippen LogP contribution in [0.25, 0.3) is 0 Å². The van der Waals surface area contributed by atoms with Gasteiger partial charge >= 0.3 is 0 Å². The van der Waals surface area contributed by atoms with Gasteiger partial charge in [0.1, 0.15) is 0 Å². The van der Waals surface area contributed by atoms with E-state index in [2.05, 4.69) is 22.4 Å². The van der Waals surface area contributed by atoms with Gasteiger partial charge in [0.2, 0.25) is 5.91 Å². The third kappa shape index (κ3) is 3.18. The summed E-state index contributed by atoms with van der Waals surface area (Å²) in [7, 11) is 2.08. The smallest absolute Gasteiger partial charge is 0.257 e. The lowest BCUT2D eigenvalue weighted by molar-refractivity contribution is -0.130. The summed E-state index contributed by atoms with van der Waals surface area (Å²) in [4.78, 5) is 31.1. The molecule has 1 fully saturated rings. The lowest BCUT2D eigenvalue weighted by Gasteiger charge is -2.34. The van der Waals surface area contributed by atoms with E-state index in [-0.39, 0.29) is 17.4 Å². The number of likely N-dealkylation sites (N-methyl/N-ethyl adjacent to an activating group) is 1. The van der Waals surface area contributed by atoms with Crippen LogP contribution in [0.3, 0.4) is 0 Å². The van der Waals surface area contributed by atoms with Crippen molar-refractivity contribution >= 4 is 17.7 Å². The third-order valence-corrected chi connectivity index (χ3v) is 5.29. The van der Waals surface area contributed by atoms with Crippen molar-refractivity contribution in [1.29, 1.82) is 0 Å². The molecule has 2 aliphatic rings. The van der Waals surface area contributed by atoms with Crippen LogP contribution in [0.15, 0.2) is 16.1 Å². The lowest BCUT2D eigenvalue weighted by Crippen LogP contribution is -2.54. The summed E-state index contributed by atoms with van der Waals surface area (Å²) in [6.45, 7) is 5.73. The summed E-state index contributed by atoms with van der Waals surface area (Å²) in [5.74, 6) is 0.462. The molecule has 0 spiro atoms. The van der Waals surface area contributed by atoms with E-state index in [1.165, 1.54) is 11.8 Å². The van der Waals surface area contributed by atoms with Gasteiger partial charge in [-0.1, -0.05) is 11.8 Å². The van der Waals surface area contributed by atoms with Gasteiger partial charge in [-0.25, -0.2) is 9.99 Å². The third-order valence-electron chi connectivity index (χ3n) is 4.14. The molecule has 8 heteroatoms. The van der Waals surface area contributed by atoms with Crippen molar-refractivity contribution in [2.45, 2.75) is 18.6 Å². The second-order valence-corrected chi connectivity index (χ2v) is 6.90. The summed E-state index contributed by atoms with van der Waals surface area (Å²) in [5.41, 5.74) is 3.56. The van der Waals surface area contributed by atoms with Crippen LogP contribution >= 0.6 is 11.8 Å². The first-order valence-electron chi connectivity index (χ1n) is 7.48. The number of hydrogen-bond donors (Lipinski definition) is 1. The normalized spacial score (nSPS) is 23.1. The Morgan fingerprint density at radius 3 is 2.82 bits per heavy atom. The molecule has 0 aliphatic carbocycles. The summed E-state index contributed by atoms with van der Waals surface area (Å²) in [6, 6.07) is 0.